The lowest BCUT2D eigenvalue weighted by Crippen LogP contribution is -2.27. The molecule has 0 saturated carbocycles. The largest absolute Gasteiger partial charge is 0.326 e. The van der Waals surface area contributed by atoms with Crippen LogP contribution in [-0.4, -0.2) is 30.6 Å². The Morgan fingerprint density at radius 1 is 1.55 bits per heavy atom. The molecule has 0 aromatic carbocycles. The first kappa shape index (κ1) is 9.01. The maximum atomic E-state index is 5.79. The molecule has 1 atom stereocenters. The van der Waals surface area contributed by atoms with Crippen LogP contribution in [0.2, 0.25) is 0 Å². The molecule has 1 heterocycles. The Labute approximate surface area is 69.8 Å². The van der Waals surface area contributed by atoms with Gasteiger partial charge in [-0.1, -0.05) is 13.8 Å². The van der Waals surface area contributed by atoms with Gasteiger partial charge in [0.05, 0.1) is 0 Å². The number of hydrogen-bond acceptors (Lipinski definition) is 2. The van der Waals surface area contributed by atoms with Gasteiger partial charge in [0.15, 0.2) is 0 Å². The summed E-state index contributed by atoms with van der Waals surface area (Å²) in [7, 11) is 0. The van der Waals surface area contributed by atoms with Crippen molar-refractivity contribution >= 4 is 0 Å². The van der Waals surface area contributed by atoms with E-state index in [2.05, 4.69) is 18.7 Å². The molecular formula is C9H20N2. The lowest BCUT2D eigenvalue weighted by molar-refractivity contribution is 0.310. The molecule has 1 aliphatic rings. The standard InChI is InChI=1S/C9H20N2/c1-8(2)3-5-11-6-4-9(10)7-11/h8-9H,3-7,10H2,1-2H3/t9-/m1/s1. The van der Waals surface area contributed by atoms with Crippen LogP contribution in [0.15, 0.2) is 0 Å². The molecular weight excluding hydrogens is 136 g/mol. The topological polar surface area (TPSA) is 29.3 Å². The second-order valence-electron chi connectivity index (χ2n) is 4.03. The van der Waals surface area contributed by atoms with E-state index in [9.17, 15) is 0 Å². The second-order valence-corrected chi connectivity index (χ2v) is 4.03. The van der Waals surface area contributed by atoms with Crippen molar-refractivity contribution in [2.75, 3.05) is 19.6 Å². The first-order valence-corrected chi connectivity index (χ1v) is 4.66. The van der Waals surface area contributed by atoms with Crippen LogP contribution in [-0.2, 0) is 0 Å². The van der Waals surface area contributed by atoms with E-state index in [-0.39, 0.29) is 0 Å². The Hall–Kier alpha value is -0.0800. The van der Waals surface area contributed by atoms with Gasteiger partial charge in [-0.3, -0.25) is 0 Å². The minimum absolute atomic E-state index is 0.446. The summed E-state index contributed by atoms with van der Waals surface area (Å²) in [6.45, 7) is 8.12. The third kappa shape index (κ3) is 3.21. The number of rotatable bonds is 3. The van der Waals surface area contributed by atoms with Crippen molar-refractivity contribution in [3.05, 3.63) is 0 Å². The van der Waals surface area contributed by atoms with Crippen molar-refractivity contribution < 1.29 is 0 Å². The molecule has 0 bridgehead atoms. The highest BCUT2D eigenvalue weighted by Gasteiger charge is 2.18. The van der Waals surface area contributed by atoms with Crippen molar-refractivity contribution in [2.24, 2.45) is 11.7 Å². The summed E-state index contributed by atoms with van der Waals surface area (Å²) in [6, 6.07) is 0.446. The molecule has 2 N–H and O–H groups in total. The van der Waals surface area contributed by atoms with Crippen molar-refractivity contribution in [1.82, 2.24) is 4.90 Å². The molecule has 0 unspecified atom stereocenters. The monoisotopic (exact) mass is 156 g/mol. The van der Waals surface area contributed by atoms with Crippen LogP contribution in [0, 0.1) is 5.92 Å². The molecule has 2 heteroatoms. The maximum absolute atomic E-state index is 5.79. The van der Waals surface area contributed by atoms with Gasteiger partial charge in [-0.15, -0.1) is 0 Å². The van der Waals surface area contributed by atoms with Crippen LogP contribution in [0.3, 0.4) is 0 Å². The van der Waals surface area contributed by atoms with Gasteiger partial charge in [0.2, 0.25) is 0 Å². The number of hydrogen-bond donors (Lipinski definition) is 1. The summed E-state index contributed by atoms with van der Waals surface area (Å²) in [5.74, 6) is 0.826. The fourth-order valence-electron chi connectivity index (χ4n) is 1.51. The van der Waals surface area contributed by atoms with E-state index in [0.717, 1.165) is 12.5 Å². The molecule has 11 heavy (non-hydrogen) atoms. The van der Waals surface area contributed by atoms with E-state index in [4.69, 9.17) is 5.73 Å². The van der Waals surface area contributed by atoms with Gasteiger partial charge in [-0.2, -0.15) is 0 Å². The molecule has 0 aromatic heterocycles. The van der Waals surface area contributed by atoms with Gasteiger partial charge in [0.25, 0.3) is 0 Å². The SMILES string of the molecule is CC(C)CCN1CC[C@@H](N)C1. The zero-order valence-corrected chi connectivity index (χ0v) is 7.71. The number of nitrogens with two attached hydrogens (primary N) is 1. The van der Waals surface area contributed by atoms with Gasteiger partial charge in [0.1, 0.15) is 0 Å². The molecule has 1 aliphatic heterocycles. The predicted molar refractivity (Wildman–Crippen MR) is 48.5 cm³/mol. The van der Waals surface area contributed by atoms with Crippen molar-refractivity contribution in [3.8, 4) is 0 Å². The van der Waals surface area contributed by atoms with Crippen molar-refractivity contribution in [1.29, 1.82) is 0 Å². The molecule has 66 valence electrons. The normalized spacial score (nSPS) is 26.7. The average Bonchev–Trinajstić information content (AvgIpc) is 2.31. The third-order valence-corrected chi connectivity index (χ3v) is 2.33. The van der Waals surface area contributed by atoms with Crippen LogP contribution in [0.1, 0.15) is 26.7 Å². The Morgan fingerprint density at radius 2 is 2.27 bits per heavy atom. The average molecular weight is 156 g/mol. The summed E-state index contributed by atoms with van der Waals surface area (Å²) in [6.07, 6.45) is 2.50. The maximum Gasteiger partial charge on any atom is 0.0180 e. The molecule has 0 aliphatic carbocycles. The molecule has 2 nitrogen and oxygen atoms in total. The van der Waals surface area contributed by atoms with Gasteiger partial charge in [-0.05, 0) is 31.8 Å². The fourth-order valence-corrected chi connectivity index (χ4v) is 1.51. The summed E-state index contributed by atoms with van der Waals surface area (Å²) in [5, 5.41) is 0. The van der Waals surface area contributed by atoms with Gasteiger partial charge in [0, 0.05) is 12.6 Å². The Morgan fingerprint density at radius 3 is 2.73 bits per heavy atom. The van der Waals surface area contributed by atoms with Gasteiger partial charge >= 0.3 is 0 Å². The van der Waals surface area contributed by atoms with Crippen LogP contribution in [0.5, 0.6) is 0 Å². The molecule has 0 aromatic rings. The van der Waals surface area contributed by atoms with E-state index >= 15 is 0 Å². The van der Waals surface area contributed by atoms with Crippen molar-refractivity contribution in [2.45, 2.75) is 32.7 Å². The lowest BCUT2D eigenvalue weighted by Gasteiger charge is -2.15. The van der Waals surface area contributed by atoms with E-state index in [1.165, 1.54) is 25.9 Å². The number of likely N-dealkylation sites (tertiary alicyclic amines) is 1. The zero-order chi connectivity index (χ0) is 8.27. The zero-order valence-electron chi connectivity index (χ0n) is 7.71. The highest BCUT2D eigenvalue weighted by atomic mass is 15.2. The van der Waals surface area contributed by atoms with E-state index in [0.29, 0.717) is 6.04 Å². The minimum atomic E-state index is 0.446. The van der Waals surface area contributed by atoms with E-state index in [1.54, 1.807) is 0 Å². The Kier molecular flexibility index (Phi) is 3.34. The quantitative estimate of drug-likeness (QED) is 0.662. The Balaban J connectivity index is 2.08. The molecule has 1 rings (SSSR count). The first-order chi connectivity index (χ1) is 5.18. The molecule has 0 spiro atoms. The summed E-state index contributed by atoms with van der Waals surface area (Å²) in [4.78, 5) is 2.48. The Bertz CT molecular complexity index is 112. The highest BCUT2D eigenvalue weighted by Crippen LogP contribution is 2.09. The van der Waals surface area contributed by atoms with Crippen LogP contribution in [0.4, 0.5) is 0 Å². The van der Waals surface area contributed by atoms with Gasteiger partial charge < -0.3 is 10.6 Å². The fraction of sp³-hybridized carbons (Fsp3) is 1.00. The van der Waals surface area contributed by atoms with Crippen LogP contribution >= 0.6 is 0 Å². The van der Waals surface area contributed by atoms with Crippen LogP contribution < -0.4 is 5.73 Å². The predicted octanol–water partition coefficient (Wildman–Crippen LogP) is 1.07. The first-order valence-electron chi connectivity index (χ1n) is 4.66. The van der Waals surface area contributed by atoms with E-state index < -0.39 is 0 Å². The van der Waals surface area contributed by atoms with Crippen LogP contribution in [0.25, 0.3) is 0 Å². The van der Waals surface area contributed by atoms with Gasteiger partial charge in [-0.25, -0.2) is 0 Å². The summed E-state index contributed by atoms with van der Waals surface area (Å²) < 4.78 is 0. The molecule has 0 radical (unpaired) electrons. The second kappa shape index (κ2) is 4.07. The smallest absolute Gasteiger partial charge is 0.0180 e. The molecule has 1 saturated heterocycles. The number of nitrogens with zero attached hydrogens (tertiary/aromatic N) is 1. The minimum Gasteiger partial charge on any atom is -0.326 e. The molecule has 0 amide bonds. The summed E-state index contributed by atoms with van der Waals surface area (Å²) >= 11 is 0. The van der Waals surface area contributed by atoms with Crippen molar-refractivity contribution in [3.63, 3.8) is 0 Å². The third-order valence-electron chi connectivity index (χ3n) is 2.33. The summed E-state index contributed by atoms with van der Waals surface area (Å²) in [5.41, 5.74) is 5.79. The highest BCUT2D eigenvalue weighted by molar-refractivity contribution is 4.77. The lowest BCUT2D eigenvalue weighted by atomic mass is 10.1. The van der Waals surface area contributed by atoms with E-state index in [1.807, 2.05) is 0 Å². The molecule has 1 fully saturated rings.